The molecule has 0 saturated carbocycles. The largest absolute Gasteiger partial charge is 0.384 e. The third-order valence-corrected chi connectivity index (χ3v) is 2.49. The van der Waals surface area contributed by atoms with Crippen LogP contribution in [0.2, 0.25) is 0 Å². The van der Waals surface area contributed by atoms with E-state index >= 15 is 0 Å². The van der Waals surface area contributed by atoms with E-state index in [0.29, 0.717) is 0 Å². The van der Waals surface area contributed by atoms with Gasteiger partial charge >= 0.3 is 0 Å². The van der Waals surface area contributed by atoms with Crippen LogP contribution in [0.15, 0.2) is 34.8 Å². The number of nitrogens with one attached hydrogen (secondary N) is 1. The predicted molar refractivity (Wildman–Crippen MR) is 62.0 cm³/mol. The minimum atomic E-state index is -0.231. The van der Waals surface area contributed by atoms with Gasteiger partial charge < -0.3 is 5.32 Å². The molecule has 14 heavy (non-hydrogen) atoms. The van der Waals surface area contributed by atoms with Crippen LogP contribution in [-0.4, -0.2) is 6.54 Å². The first-order chi connectivity index (χ1) is 6.59. The highest BCUT2D eigenvalue weighted by atomic mass is 79.9. The van der Waals surface area contributed by atoms with Gasteiger partial charge in [-0.15, -0.1) is 6.58 Å². The molecule has 0 aliphatic rings. The molecule has 1 rings (SSSR count). The van der Waals surface area contributed by atoms with Crippen molar-refractivity contribution in [2.45, 2.75) is 13.3 Å². The Bertz CT molecular complexity index is 336. The van der Waals surface area contributed by atoms with Crippen molar-refractivity contribution >= 4 is 21.6 Å². The second-order valence-electron chi connectivity index (χ2n) is 3.26. The minimum Gasteiger partial charge on any atom is -0.384 e. The summed E-state index contributed by atoms with van der Waals surface area (Å²) in [6, 6.07) is 4.59. The lowest BCUT2D eigenvalue weighted by Crippen LogP contribution is -2.02. The lowest BCUT2D eigenvalue weighted by Gasteiger charge is -2.08. The Morgan fingerprint density at radius 1 is 1.57 bits per heavy atom. The summed E-state index contributed by atoms with van der Waals surface area (Å²) in [6.45, 7) is 6.55. The molecule has 0 heterocycles. The lowest BCUT2D eigenvalue weighted by atomic mass is 10.2. The zero-order valence-corrected chi connectivity index (χ0v) is 9.70. The van der Waals surface area contributed by atoms with E-state index < -0.39 is 0 Å². The molecule has 0 atom stereocenters. The number of benzene rings is 1. The molecule has 0 spiro atoms. The Morgan fingerprint density at radius 3 is 2.93 bits per heavy atom. The van der Waals surface area contributed by atoms with Crippen LogP contribution in [0.3, 0.4) is 0 Å². The molecule has 0 saturated heterocycles. The van der Waals surface area contributed by atoms with Gasteiger partial charge in [0, 0.05) is 11.0 Å². The van der Waals surface area contributed by atoms with Gasteiger partial charge in [-0.2, -0.15) is 0 Å². The SMILES string of the molecule is C=C(C)CCNc1cc(F)ccc1Br. The van der Waals surface area contributed by atoms with Gasteiger partial charge in [-0.1, -0.05) is 5.57 Å². The fourth-order valence-electron chi connectivity index (χ4n) is 1.04. The van der Waals surface area contributed by atoms with Gasteiger partial charge in [-0.25, -0.2) is 4.39 Å². The van der Waals surface area contributed by atoms with E-state index in [9.17, 15) is 4.39 Å². The first-order valence-electron chi connectivity index (χ1n) is 4.43. The molecule has 0 amide bonds. The molecule has 0 aliphatic carbocycles. The van der Waals surface area contributed by atoms with Gasteiger partial charge in [0.15, 0.2) is 0 Å². The van der Waals surface area contributed by atoms with Crippen molar-refractivity contribution < 1.29 is 4.39 Å². The van der Waals surface area contributed by atoms with E-state index in [1.165, 1.54) is 12.1 Å². The first-order valence-corrected chi connectivity index (χ1v) is 5.22. The Labute approximate surface area is 92.1 Å². The van der Waals surface area contributed by atoms with E-state index in [2.05, 4.69) is 27.8 Å². The minimum absolute atomic E-state index is 0.231. The first kappa shape index (κ1) is 11.2. The molecule has 1 aromatic carbocycles. The average molecular weight is 258 g/mol. The predicted octanol–water partition coefficient (Wildman–Crippen LogP) is 3.97. The Balaban J connectivity index is 2.57. The fraction of sp³-hybridized carbons (Fsp3) is 0.273. The van der Waals surface area contributed by atoms with Crippen LogP contribution < -0.4 is 5.32 Å². The second kappa shape index (κ2) is 5.15. The van der Waals surface area contributed by atoms with Gasteiger partial charge in [0.2, 0.25) is 0 Å². The summed E-state index contributed by atoms with van der Waals surface area (Å²) >= 11 is 3.35. The van der Waals surface area contributed by atoms with Crippen molar-refractivity contribution in [1.82, 2.24) is 0 Å². The van der Waals surface area contributed by atoms with E-state index in [1.807, 2.05) is 6.92 Å². The smallest absolute Gasteiger partial charge is 0.125 e. The van der Waals surface area contributed by atoms with Crippen LogP contribution in [0.25, 0.3) is 0 Å². The quantitative estimate of drug-likeness (QED) is 0.806. The summed E-state index contributed by atoms with van der Waals surface area (Å²) < 4.78 is 13.7. The van der Waals surface area contributed by atoms with Gasteiger partial charge in [0.05, 0.1) is 5.69 Å². The van der Waals surface area contributed by atoms with Gasteiger partial charge in [0.25, 0.3) is 0 Å². The summed E-state index contributed by atoms with van der Waals surface area (Å²) in [5.41, 5.74) is 1.90. The molecule has 0 aromatic heterocycles. The Morgan fingerprint density at radius 2 is 2.29 bits per heavy atom. The number of rotatable bonds is 4. The molecule has 76 valence electrons. The van der Waals surface area contributed by atoms with Crippen molar-refractivity contribution in [3.63, 3.8) is 0 Å². The van der Waals surface area contributed by atoms with Crippen LogP contribution in [0, 0.1) is 5.82 Å². The topological polar surface area (TPSA) is 12.0 Å². The van der Waals surface area contributed by atoms with Gasteiger partial charge in [-0.05, 0) is 47.5 Å². The maximum Gasteiger partial charge on any atom is 0.125 e. The van der Waals surface area contributed by atoms with Crippen LogP contribution in [0.5, 0.6) is 0 Å². The van der Waals surface area contributed by atoms with Crippen molar-refractivity contribution in [1.29, 1.82) is 0 Å². The third kappa shape index (κ3) is 3.50. The highest BCUT2D eigenvalue weighted by Crippen LogP contribution is 2.22. The van der Waals surface area contributed by atoms with Crippen LogP contribution in [0.1, 0.15) is 13.3 Å². The molecule has 0 fully saturated rings. The van der Waals surface area contributed by atoms with Gasteiger partial charge in [0.1, 0.15) is 5.82 Å². The van der Waals surface area contributed by atoms with Crippen molar-refractivity contribution in [3.8, 4) is 0 Å². The number of halogens is 2. The highest BCUT2D eigenvalue weighted by Gasteiger charge is 2.00. The molecule has 1 aromatic rings. The van der Waals surface area contributed by atoms with E-state index in [4.69, 9.17) is 0 Å². The average Bonchev–Trinajstić information content (AvgIpc) is 2.10. The molecule has 0 unspecified atom stereocenters. The molecule has 0 bridgehead atoms. The molecular weight excluding hydrogens is 245 g/mol. The fourth-order valence-corrected chi connectivity index (χ4v) is 1.43. The van der Waals surface area contributed by atoms with Gasteiger partial charge in [-0.3, -0.25) is 0 Å². The Kier molecular flexibility index (Phi) is 4.14. The third-order valence-electron chi connectivity index (χ3n) is 1.80. The standard InChI is InChI=1S/C11H13BrFN/c1-8(2)5-6-14-11-7-9(13)3-4-10(11)12/h3-4,7,14H,1,5-6H2,2H3. The Hall–Kier alpha value is -0.830. The molecule has 0 aliphatic heterocycles. The summed E-state index contributed by atoms with van der Waals surface area (Å²) in [6.07, 6.45) is 0.892. The van der Waals surface area contributed by atoms with Crippen LogP contribution >= 0.6 is 15.9 Å². The van der Waals surface area contributed by atoms with E-state index in [-0.39, 0.29) is 5.82 Å². The second-order valence-corrected chi connectivity index (χ2v) is 4.11. The van der Waals surface area contributed by atoms with Crippen molar-refractivity contribution in [2.75, 3.05) is 11.9 Å². The molecule has 1 N–H and O–H groups in total. The summed E-state index contributed by atoms with van der Waals surface area (Å²) in [7, 11) is 0. The molecule has 3 heteroatoms. The maximum absolute atomic E-state index is 12.9. The van der Waals surface area contributed by atoms with Crippen LogP contribution in [0.4, 0.5) is 10.1 Å². The maximum atomic E-state index is 12.9. The summed E-state index contributed by atoms with van der Waals surface area (Å²) in [5, 5.41) is 3.14. The number of anilines is 1. The summed E-state index contributed by atoms with van der Waals surface area (Å²) in [4.78, 5) is 0. The zero-order chi connectivity index (χ0) is 10.6. The monoisotopic (exact) mass is 257 g/mol. The molecule has 0 radical (unpaired) electrons. The van der Waals surface area contributed by atoms with Crippen molar-refractivity contribution in [2.24, 2.45) is 0 Å². The van der Waals surface area contributed by atoms with E-state index in [0.717, 1.165) is 28.7 Å². The number of hydrogen-bond acceptors (Lipinski definition) is 1. The van der Waals surface area contributed by atoms with E-state index in [1.54, 1.807) is 6.07 Å². The lowest BCUT2D eigenvalue weighted by molar-refractivity contribution is 0.628. The van der Waals surface area contributed by atoms with Crippen LogP contribution in [-0.2, 0) is 0 Å². The normalized spacial score (nSPS) is 9.93. The summed E-state index contributed by atoms with van der Waals surface area (Å²) in [5.74, 6) is -0.231. The zero-order valence-electron chi connectivity index (χ0n) is 8.11. The van der Waals surface area contributed by atoms with Crippen molar-refractivity contribution in [3.05, 3.63) is 40.6 Å². The molecular formula is C11H13BrFN. The number of hydrogen-bond donors (Lipinski definition) is 1. The highest BCUT2D eigenvalue weighted by molar-refractivity contribution is 9.10. The molecule has 1 nitrogen and oxygen atoms in total.